The Kier molecular flexibility index (Phi) is 5.02. The van der Waals surface area contributed by atoms with Gasteiger partial charge in [0.25, 0.3) is 0 Å². The maximum atomic E-state index is 14.7. The maximum Gasteiger partial charge on any atom is 0.354 e. The van der Waals surface area contributed by atoms with Gasteiger partial charge < -0.3 is 14.8 Å². The molecule has 1 spiro atoms. The summed E-state index contributed by atoms with van der Waals surface area (Å²) >= 11 is 0. The van der Waals surface area contributed by atoms with Crippen LogP contribution in [0.4, 0.5) is 14.9 Å². The van der Waals surface area contributed by atoms with Gasteiger partial charge in [-0.2, -0.15) is 5.10 Å². The fourth-order valence-corrected chi connectivity index (χ4v) is 5.85. The minimum absolute atomic E-state index is 0.0824. The molecule has 1 saturated heterocycles. The van der Waals surface area contributed by atoms with E-state index in [0.717, 1.165) is 17.5 Å². The zero-order valence-electron chi connectivity index (χ0n) is 18.1. The first kappa shape index (κ1) is 21.4. The number of rotatable bonds is 3. The van der Waals surface area contributed by atoms with E-state index < -0.39 is 15.9 Å². The van der Waals surface area contributed by atoms with E-state index in [2.05, 4.69) is 14.8 Å². The Balaban J connectivity index is 1.46. The lowest BCUT2D eigenvalue weighted by Crippen LogP contribution is -2.52. The number of halogens is 1. The Morgan fingerprint density at radius 2 is 2.12 bits per heavy atom. The van der Waals surface area contributed by atoms with Crippen LogP contribution >= 0.6 is 0 Å². The highest BCUT2D eigenvalue weighted by Crippen LogP contribution is 2.39. The lowest BCUT2D eigenvalue weighted by atomic mass is 9.86. The summed E-state index contributed by atoms with van der Waals surface area (Å²) < 4.78 is 44.4. The molecule has 0 saturated carbocycles. The molecule has 1 unspecified atom stereocenters. The molecule has 0 bridgehead atoms. The summed E-state index contributed by atoms with van der Waals surface area (Å²) in [5.41, 5.74) is 3.09. The molecule has 2 aromatic rings. The van der Waals surface area contributed by atoms with Crippen molar-refractivity contribution in [1.82, 2.24) is 9.78 Å². The third kappa shape index (κ3) is 3.30. The third-order valence-corrected chi connectivity index (χ3v) is 7.91. The van der Waals surface area contributed by atoms with Gasteiger partial charge in [-0.15, -0.1) is 4.36 Å². The number of amides is 2. The molecule has 3 aliphatic rings. The highest BCUT2D eigenvalue weighted by Gasteiger charge is 2.44. The summed E-state index contributed by atoms with van der Waals surface area (Å²) in [5, 5.41) is 13.0. The number of aromatic nitrogens is 2. The van der Waals surface area contributed by atoms with Crippen LogP contribution in [0.2, 0.25) is 0 Å². The van der Waals surface area contributed by atoms with Crippen molar-refractivity contribution in [3.8, 4) is 5.88 Å². The Morgan fingerprint density at radius 1 is 1.38 bits per heavy atom. The number of ether oxygens (including phenoxy) is 2. The highest BCUT2D eigenvalue weighted by atomic mass is 32.2. The molecule has 1 aromatic heterocycles. The molecule has 1 aromatic carbocycles. The van der Waals surface area contributed by atoms with Gasteiger partial charge in [0.05, 0.1) is 31.4 Å². The predicted molar refractivity (Wildman–Crippen MR) is 116 cm³/mol. The van der Waals surface area contributed by atoms with Crippen LogP contribution in [0.15, 0.2) is 15.5 Å². The topological polar surface area (TPSA) is 121 Å². The van der Waals surface area contributed by atoms with E-state index in [4.69, 9.17) is 14.6 Å². The van der Waals surface area contributed by atoms with Crippen LogP contribution in [0.1, 0.15) is 35.6 Å². The van der Waals surface area contributed by atoms with Crippen molar-refractivity contribution in [2.24, 2.45) is 14.9 Å². The SMILES string of the molecule is CCc1c(C)c(F)c2c(c1NC(=O)N=S(N)(=O)c1cnn3c1OCC1(COC1)C3)CCC2. The Bertz CT molecular complexity index is 1240. The maximum absolute atomic E-state index is 14.7. The lowest BCUT2D eigenvalue weighted by molar-refractivity contribution is -0.154. The molecule has 1 atom stereocenters. The summed E-state index contributed by atoms with van der Waals surface area (Å²) in [6.07, 6.45) is 4.00. The molecule has 9 nitrogen and oxygen atoms in total. The average Bonchev–Trinajstić information content (AvgIpc) is 3.37. The summed E-state index contributed by atoms with van der Waals surface area (Å²) in [7, 11) is -3.61. The summed E-state index contributed by atoms with van der Waals surface area (Å²) in [6.45, 7) is 5.72. The van der Waals surface area contributed by atoms with Crippen molar-refractivity contribution in [2.45, 2.75) is 51.0 Å². The monoisotopic (exact) mass is 463 g/mol. The molecule has 5 rings (SSSR count). The zero-order valence-corrected chi connectivity index (χ0v) is 18.9. The van der Waals surface area contributed by atoms with Gasteiger partial charge in [-0.05, 0) is 54.9 Å². The van der Waals surface area contributed by atoms with Crippen molar-refractivity contribution < 1.29 is 22.9 Å². The fraction of sp³-hybridized carbons (Fsp3) is 0.524. The number of hydrogen-bond donors (Lipinski definition) is 2. The van der Waals surface area contributed by atoms with Crippen molar-refractivity contribution >= 4 is 21.6 Å². The van der Waals surface area contributed by atoms with Crippen LogP contribution in [-0.2, 0) is 40.5 Å². The first-order valence-electron chi connectivity index (χ1n) is 10.7. The van der Waals surface area contributed by atoms with E-state index in [9.17, 15) is 13.4 Å². The van der Waals surface area contributed by atoms with Crippen LogP contribution < -0.4 is 15.2 Å². The second-order valence-electron chi connectivity index (χ2n) is 8.80. The largest absolute Gasteiger partial charge is 0.476 e. The van der Waals surface area contributed by atoms with Gasteiger partial charge in [0.1, 0.15) is 17.3 Å². The van der Waals surface area contributed by atoms with Crippen LogP contribution in [0.5, 0.6) is 5.88 Å². The minimum Gasteiger partial charge on any atom is -0.476 e. The quantitative estimate of drug-likeness (QED) is 0.725. The molecule has 172 valence electrons. The van der Waals surface area contributed by atoms with Crippen molar-refractivity contribution in [3.63, 3.8) is 0 Å². The third-order valence-electron chi connectivity index (χ3n) is 6.56. The number of urea groups is 1. The highest BCUT2D eigenvalue weighted by molar-refractivity contribution is 7.91. The number of nitrogens with one attached hydrogen (secondary N) is 1. The smallest absolute Gasteiger partial charge is 0.354 e. The van der Waals surface area contributed by atoms with Gasteiger partial charge in [0.15, 0.2) is 9.92 Å². The fourth-order valence-electron chi connectivity index (χ4n) is 4.85. The van der Waals surface area contributed by atoms with E-state index in [1.54, 1.807) is 11.6 Å². The number of fused-ring (bicyclic) bond motifs is 2. The van der Waals surface area contributed by atoms with Crippen LogP contribution in [0.3, 0.4) is 0 Å². The zero-order chi connectivity index (χ0) is 22.7. The van der Waals surface area contributed by atoms with Gasteiger partial charge in [-0.1, -0.05) is 6.92 Å². The Labute approximate surface area is 185 Å². The van der Waals surface area contributed by atoms with E-state index in [-0.39, 0.29) is 22.0 Å². The van der Waals surface area contributed by atoms with Gasteiger partial charge >= 0.3 is 6.03 Å². The molecule has 1 aliphatic carbocycles. The molecule has 32 heavy (non-hydrogen) atoms. The first-order chi connectivity index (χ1) is 15.2. The van der Waals surface area contributed by atoms with Crippen molar-refractivity contribution in [1.29, 1.82) is 0 Å². The molecule has 2 amide bonds. The van der Waals surface area contributed by atoms with Gasteiger partial charge in [0, 0.05) is 5.69 Å². The number of carbonyl (C=O) groups excluding carboxylic acids is 1. The van der Waals surface area contributed by atoms with Gasteiger partial charge in [-0.3, -0.25) is 0 Å². The normalized spacial score (nSPS) is 20.0. The van der Waals surface area contributed by atoms with Gasteiger partial charge in [0.2, 0.25) is 5.88 Å². The van der Waals surface area contributed by atoms with Crippen molar-refractivity contribution in [2.75, 3.05) is 25.1 Å². The Hall–Kier alpha value is -2.50. The van der Waals surface area contributed by atoms with E-state index >= 15 is 0 Å². The van der Waals surface area contributed by atoms with Gasteiger partial charge in [-0.25, -0.2) is 23.2 Å². The van der Waals surface area contributed by atoms with Crippen LogP contribution in [-0.4, -0.2) is 39.8 Å². The number of anilines is 1. The van der Waals surface area contributed by atoms with Crippen molar-refractivity contribution in [3.05, 3.63) is 34.3 Å². The molecule has 11 heteroatoms. The van der Waals surface area contributed by atoms with Crippen LogP contribution in [0.25, 0.3) is 0 Å². The minimum atomic E-state index is -3.61. The second-order valence-corrected chi connectivity index (χ2v) is 10.6. The summed E-state index contributed by atoms with van der Waals surface area (Å²) in [6, 6.07) is -0.841. The Morgan fingerprint density at radius 3 is 2.81 bits per heavy atom. The average molecular weight is 464 g/mol. The number of benzene rings is 1. The summed E-state index contributed by atoms with van der Waals surface area (Å²) in [4.78, 5) is 12.9. The molecule has 1 fully saturated rings. The molecular formula is C21H26FN5O4S. The number of hydrogen-bond acceptors (Lipinski definition) is 5. The lowest BCUT2D eigenvalue weighted by Gasteiger charge is -2.43. The van der Waals surface area contributed by atoms with E-state index in [1.165, 1.54) is 6.20 Å². The molecule has 3 N–H and O–H groups in total. The molecular weight excluding hydrogens is 437 g/mol. The first-order valence-corrected chi connectivity index (χ1v) is 12.3. The molecule has 0 radical (unpaired) electrons. The molecule has 3 heterocycles. The standard InChI is InChI=1S/C21H26FN5O4S/c1-3-13-12(2)17(22)14-5-4-6-15(14)18(13)25-20(28)26-32(23,29)16-7-24-27-8-21(9-30-10-21)11-31-19(16)27/h7H,3-6,8-11H2,1-2H3,(H3,23,25,26,28,29). The number of nitrogens with two attached hydrogens (primary N) is 1. The van der Waals surface area contributed by atoms with Crippen LogP contribution in [0, 0.1) is 18.2 Å². The van der Waals surface area contributed by atoms with E-state index in [0.29, 0.717) is 62.4 Å². The number of nitrogens with zero attached hydrogens (tertiary/aromatic N) is 3. The molecule has 2 aliphatic heterocycles. The predicted octanol–water partition coefficient (Wildman–Crippen LogP) is 2.72. The second kappa shape index (κ2) is 7.53. The summed E-state index contributed by atoms with van der Waals surface area (Å²) in [5.74, 6) is 0.0598. The number of carbonyl (C=O) groups is 1. The van der Waals surface area contributed by atoms with E-state index in [1.807, 2.05) is 6.92 Å².